The number of aryl methyl sites for hydroxylation is 1. The van der Waals surface area contributed by atoms with E-state index in [1.165, 1.54) is 14.0 Å². The van der Waals surface area contributed by atoms with Gasteiger partial charge in [0.2, 0.25) is 0 Å². The van der Waals surface area contributed by atoms with Crippen LogP contribution < -0.4 is 0 Å². The van der Waals surface area contributed by atoms with E-state index >= 15 is 0 Å². The predicted molar refractivity (Wildman–Crippen MR) is 57.5 cm³/mol. The van der Waals surface area contributed by atoms with Crippen molar-refractivity contribution in [3.8, 4) is 0 Å². The molecular weight excluding hydrogens is 204 g/mol. The lowest BCUT2D eigenvalue weighted by Crippen LogP contribution is -1.58. The molecule has 0 aliphatic rings. The third kappa shape index (κ3) is 1.91. The number of thiophene rings is 2. The zero-order chi connectivity index (χ0) is 8.39. The molecule has 0 fully saturated rings. The molecule has 0 aliphatic heterocycles. The zero-order valence-corrected chi connectivity index (χ0v) is 9.06. The van der Waals surface area contributed by atoms with Crippen molar-refractivity contribution in [2.75, 3.05) is 0 Å². The number of hydrogen-bond donors (Lipinski definition) is 0. The summed E-state index contributed by atoms with van der Waals surface area (Å²) in [4.78, 5) is 0. The van der Waals surface area contributed by atoms with E-state index in [0.717, 1.165) is 0 Å². The van der Waals surface area contributed by atoms with E-state index < -0.39 is 0 Å². The molecule has 0 saturated carbocycles. The Morgan fingerprint density at radius 3 is 2.75 bits per heavy atom. The molecule has 2 aromatic rings. The van der Waals surface area contributed by atoms with Crippen LogP contribution in [0.1, 0.15) is 5.56 Å². The Hall–Kier alpha value is -0.250. The fourth-order valence-corrected chi connectivity index (χ4v) is 3.93. The SMILES string of the molecule is Cc1csc(Sc2cccs2)c1. The first-order chi connectivity index (χ1) is 5.84. The second-order valence-corrected chi connectivity index (χ2v) is 5.94. The van der Waals surface area contributed by atoms with E-state index in [-0.39, 0.29) is 0 Å². The molecule has 0 nitrogen and oxygen atoms in total. The van der Waals surface area contributed by atoms with Crippen LogP contribution in [0.5, 0.6) is 0 Å². The molecule has 2 aromatic heterocycles. The van der Waals surface area contributed by atoms with Gasteiger partial charge >= 0.3 is 0 Å². The Morgan fingerprint density at radius 2 is 2.17 bits per heavy atom. The molecule has 12 heavy (non-hydrogen) atoms. The second-order valence-electron chi connectivity index (χ2n) is 2.48. The third-order valence-electron chi connectivity index (χ3n) is 1.40. The fraction of sp³-hybridized carbons (Fsp3) is 0.111. The minimum atomic E-state index is 1.36. The van der Waals surface area contributed by atoms with Crippen LogP contribution in [0.2, 0.25) is 0 Å². The highest BCUT2D eigenvalue weighted by molar-refractivity contribution is 8.02. The van der Waals surface area contributed by atoms with Gasteiger partial charge in [-0.25, -0.2) is 0 Å². The van der Waals surface area contributed by atoms with Crippen molar-refractivity contribution in [2.24, 2.45) is 0 Å². The summed E-state index contributed by atoms with van der Waals surface area (Å²) in [6.45, 7) is 2.13. The first-order valence-electron chi connectivity index (χ1n) is 3.61. The summed E-state index contributed by atoms with van der Waals surface area (Å²) in [7, 11) is 0. The van der Waals surface area contributed by atoms with Crippen molar-refractivity contribution in [3.63, 3.8) is 0 Å². The Morgan fingerprint density at radius 1 is 1.25 bits per heavy atom. The van der Waals surface area contributed by atoms with Crippen molar-refractivity contribution in [1.82, 2.24) is 0 Å². The molecule has 0 unspecified atom stereocenters. The summed E-state index contributed by atoms with van der Waals surface area (Å²) in [6.07, 6.45) is 0. The van der Waals surface area contributed by atoms with Gasteiger partial charge < -0.3 is 0 Å². The van der Waals surface area contributed by atoms with Crippen LogP contribution in [0.3, 0.4) is 0 Å². The number of rotatable bonds is 2. The smallest absolute Gasteiger partial charge is 0.0657 e. The standard InChI is InChI=1S/C9H8S3/c1-7-5-9(11-6-7)12-8-3-2-4-10-8/h2-6H,1H3. The maximum Gasteiger partial charge on any atom is 0.0657 e. The minimum Gasteiger partial charge on any atom is -0.137 e. The highest BCUT2D eigenvalue weighted by Crippen LogP contribution is 2.34. The lowest BCUT2D eigenvalue weighted by atomic mass is 10.4. The molecule has 62 valence electrons. The Labute approximate surface area is 84.3 Å². The molecule has 0 N–H and O–H groups in total. The van der Waals surface area contributed by atoms with Crippen LogP contribution >= 0.6 is 34.4 Å². The molecule has 2 rings (SSSR count). The highest BCUT2D eigenvalue weighted by Gasteiger charge is 1.99. The fourth-order valence-electron chi connectivity index (χ4n) is 0.879. The van der Waals surface area contributed by atoms with Gasteiger partial charge in [-0.1, -0.05) is 17.8 Å². The zero-order valence-electron chi connectivity index (χ0n) is 6.61. The molecule has 2 heterocycles. The van der Waals surface area contributed by atoms with Crippen LogP contribution in [-0.4, -0.2) is 0 Å². The van der Waals surface area contributed by atoms with E-state index in [2.05, 4.69) is 35.9 Å². The van der Waals surface area contributed by atoms with E-state index in [4.69, 9.17) is 0 Å². The van der Waals surface area contributed by atoms with Gasteiger partial charge in [-0.05, 0) is 35.4 Å². The Kier molecular flexibility index (Phi) is 2.54. The maximum atomic E-state index is 2.23. The van der Waals surface area contributed by atoms with E-state index in [9.17, 15) is 0 Å². The molecule has 3 heteroatoms. The molecule has 0 saturated heterocycles. The van der Waals surface area contributed by atoms with E-state index in [0.29, 0.717) is 0 Å². The van der Waals surface area contributed by atoms with Crippen LogP contribution in [0.4, 0.5) is 0 Å². The van der Waals surface area contributed by atoms with Crippen molar-refractivity contribution < 1.29 is 0 Å². The Balaban J connectivity index is 2.14. The largest absolute Gasteiger partial charge is 0.137 e. The van der Waals surface area contributed by atoms with Crippen molar-refractivity contribution in [3.05, 3.63) is 34.5 Å². The van der Waals surface area contributed by atoms with Gasteiger partial charge in [-0.15, -0.1) is 22.7 Å². The summed E-state index contributed by atoms with van der Waals surface area (Å²) < 4.78 is 2.76. The Bertz CT molecular complexity index is 345. The first-order valence-corrected chi connectivity index (χ1v) is 6.19. The average Bonchev–Trinajstić information content (AvgIpc) is 2.63. The van der Waals surface area contributed by atoms with E-state index in [1.807, 2.05) is 23.1 Å². The first kappa shape index (κ1) is 8.35. The summed E-state index contributed by atoms with van der Waals surface area (Å²) in [5, 5.41) is 4.30. The monoisotopic (exact) mass is 212 g/mol. The normalized spacial score (nSPS) is 10.4. The molecule has 0 radical (unpaired) electrons. The van der Waals surface area contributed by atoms with Crippen LogP contribution in [-0.2, 0) is 0 Å². The van der Waals surface area contributed by atoms with Crippen molar-refractivity contribution >= 4 is 34.4 Å². The molecule has 0 aromatic carbocycles. The molecule has 0 aliphatic carbocycles. The van der Waals surface area contributed by atoms with Gasteiger partial charge in [0.15, 0.2) is 0 Å². The van der Waals surface area contributed by atoms with Crippen LogP contribution in [0, 0.1) is 6.92 Å². The van der Waals surface area contributed by atoms with Gasteiger partial charge in [-0.2, -0.15) is 0 Å². The van der Waals surface area contributed by atoms with Crippen molar-refractivity contribution in [1.29, 1.82) is 0 Å². The minimum absolute atomic E-state index is 1.36. The maximum absolute atomic E-state index is 2.23. The van der Waals surface area contributed by atoms with Gasteiger partial charge in [0.05, 0.1) is 8.42 Å². The van der Waals surface area contributed by atoms with Gasteiger partial charge in [0.1, 0.15) is 0 Å². The summed E-state index contributed by atoms with van der Waals surface area (Å²) in [5.41, 5.74) is 1.36. The highest BCUT2D eigenvalue weighted by atomic mass is 32.2. The summed E-state index contributed by atoms with van der Waals surface area (Å²) >= 11 is 5.47. The predicted octanol–water partition coefficient (Wildman–Crippen LogP) is 4.27. The molecule has 0 spiro atoms. The van der Waals surface area contributed by atoms with Crippen LogP contribution in [0.15, 0.2) is 37.4 Å². The summed E-state index contributed by atoms with van der Waals surface area (Å²) in [5.74, 6) is 0. The third-order valence-corrected chi connectivity index (χ3v) is 4.64. The molecule has 0 bridgehead atoms. The second kappa shape index (κ2) is 3.64. The summed E-state index contributed by atoms with van der Waals surface area (Å²) in [6, 6.07) is 6.48. The van der Waals surface area contributed by atoms with E-state index in [1.54, 1.807) is 11.3 Å². The molecule has 0 amide bonds. The van der Waals surface area contributed by atoms with Gasteiger partial charge in [-0.3, -0.25) is 0 Å². The van der Waals surface area contributed by atoms with Gasteiger partial charge in [0, 0.05) is 0 Å². The molecular formula is C9H8S3. The average molecular weight is 212 g/mol. The lowest BCUT2D eigenvalue weighted by molar-refractivity contribution is 1.51. The van der Waals surface area contributed by atoms with Crippen LogP contribution in [0.25, 0.3) is 0 Å². The molecule has 0 atom stereocenters. The van der Waals surface area contributed by atoms with Crippen molar-refractivity contribution in [2.45, 2.75) is 15.3 Å². The topological polar surface area (TPSA) is 0 Å². The van der Waals surface area contributed by atoms with Gasteiger partial charge in [0.25, 0.3) is 0 Å². The number of hydrogen-bond acceptors (Lipinski definition) is 3. The quantitative estimate of drug-likeness (QED) is 0.716. The lowest BCUT2D eigenvalue weighted by Gasteiger charge is -1.89.